The third-order valence-corrected chi connectivity index (χ3v) is 5.66. The van der Waals surface area contributed by atoms with Gasteiger partial charge in [-0.25, -0.2) is 9.37 Å². The Morgan fingerprint density at radius 1 is 0.912 bits per heavy atom. The summed E-state index contributed by atoms with van der Waals surface area (Å²) in [5, 5.41) is 12.7. The third-order valence-electron chi connectivity index (χ3n) is 5.66. The van der Waals surface area contributed by atoms with Crippen LogP contribution in [0.2, 0.25) is 0 Å². The zero-order valence-corrected chi connectivity index (χ0v) is 18.6. The summed E-state index contributed by atoms with van der Waals surface area (Å²) >= 11 is 0. The van der Waals surface area contributed by atoms with Gasteiger partial charge in [0, 0.05) is 29.5 Å². The largest absolute Gasteiger partial charge is 0.481 e. The Morgan fingerprint density at radius 2 is 1.68 bits per heavy atom. The average molecular weight is 457 g/mol. The summed E-state index contributed by atoms with van der Waals surface area (Å²) in [6, 6.07) is 23.3. The van der Waals surface area contributed by atoms with E-state index in [0.29, 0.717) is 31.4 Å². The smallest absolute Gasteiger partial charge is 0.303 e. The molecule has 0 saturated carbocycles. The molecule has 0 radical (unpaired) electrons. The van der Waals surface area contributed by atoms with Gasteiger partial charge in [0.25, 0.3) is 5.91 Å². The molecule has 2 N–H and O–H groups in total. The van der Waals surface area contributed by atoms with Gasteiger partial charge in [-0.05, 0) is 78.9 Å². The number of fused-ring (bicyclic) bond motifs is 1. The van der Waals surface area contributed by atoms with Crippen LogP contribution in [0.3, 0.4) is 0 Å². The SMILES string of the molecule is O=C(O)CCCCc1cc2cc(C(=O)NCc3ccccc3)ccc2nc1-c1ccc(F)cc1. The minimum atomic E-state index is -0.818. The third kappa shape index (κ3) is 5.84. The van der Waals surface area contributed by atoms with Crippen molar-refractivity contribution in [1.82, 2.24) is 10.3 Å². The highest BCUT2D eigenvalue weighted by Crippen LogP contribution is 2.28. The van der Waals surface area contributed by atoms with Gasteiger partial charge in [0.05, 0.1) is 11.2 Å². The van der Waals surface area contributed by atoms with Crippen LogP contribution in [0.5, 0.6) is 0 Å². The number of rotatable bonds is 9. The molecule has 4 aromatic rings. The number of carboxylic acids is 1. The Labute approximate surface area is 197 Å². The number of aryl methyl sites for hydroxylation is 1. The second-order valence-corrected chi connectivity index (χ2v) is 8.18. The number of hydrogen-bond acceptors (Lipinski definition) is 3. The van der Waals surface area contributed by atoms with E-state index >= 15 is 0 Å². The van der Waals surface area contributed by atoms with Crippen molar-refractivity contribution in [3.05, 3.63) is 101 Å². The molecule has 0 saturated heterocycles. The number of nitrogens with one attached hydrogen (secondary N) is 1. The van der Waals surface area contributed by atoms with Crippen LogP contribution in [0.1, 0.15) is 40.7 Å². The summed E-state index contributed by atoms with van der Waals surface area (Å²) in [6.07, 6.45) is 1.98. The Morgan fingerprint density at radius 3 is 2.41 bits per heavy atom. The first-order valence-corrected chi connectivity index (χ1v) is 11.2. The number of halogens is 1. The highest BCUT2D eigenvalue weighted by Gasteiger charge is 2.13. The van der Waals surface area contributed by atoms with Crippen LogP contribution in [0.25, 0.3) is 22.2 Å². The number of hydrogen-bond donors (Lipinski definition) is 2. The van der Waals surface area contributed by atoms with Crippen molar-refractivity contribution in [2.24, 2.45) is 0 Å². The molecule has 0 spiro atoms. The molecular formula is C28H25FN2O3. The number of unbranched alkanes of at least 4 members (excludes halogenated alkanes) is 1. The van der Waals surface area contributed by atoms with E-state index < -0.39 is 5.97 Å². The van der Waals surface area contributed by atoms with E-state index in [4.69, 9.17) is 10.1 Å². The van der Waals surface area contributed by atoms with Gasteiger partial charge in [0.15, 0.2) is 0 Å². The fourth-order valence-electron chi connectivity index (χ4n) is 3.88. The molecule has 6 heteroatoms. The van der Waals surface area contributed by atoms with Gasteiger partial charge in [-0.2, -0.15) is 0 Å². The number of carboxylic acid groups (broad SMARTS) is 1. The molecule has 1 aromatic heterocycles. The molecule has 0 aliphatic carbocycles. The van der Waals surface area contributed by atoms with Crippen molar-refractivity contribution in [3.63, 3.8) is 0 Å². The predicted molar refractivity (Wildman–Crippen MR) is 130 cm³/mol. The fraction of sp³-hybridized carbons (Fsp3) is 0.179. The predicted octanol–water partition coefficient (Wildman–Crippen LogP) is 5.77. The zero-order valence-electron chi connectivity index (χ0n) is 18.6. The van der Waals surface area contributed by atoms with Gasteiger partial charge in [0.2, 0.25) is 0 Å². The lowest BCUT2D eigenvalue weighted by Gasteiger charge is -2.12. The van der Waals surface area contributed by atoms with Crippen molar-refractivity contribution >= 4 is 22.8 Å². The van der Waals surface area contributed by atoms with Crippen LogP contribution >= 0.6 is 0 Å². The van der Waals surface area contributed by atoms with Gasteiger partial charge in [-0.1, -0.05) is 30.3 Å². The molecule has 4 rings (SSSR count). The first kappa shape index (κ1) is 23.1. The van der Waals surface area contributed by atoms with Gasteiger partial charge >= 0.3 is 5.97 Å². The molecule has 172 valence electrons. The van der Waals surface area contributed by atoms with Crippen LogP contribution in [0.15, 0.2) is 78.9 Å². The highest BCUT2D eigenvalue weighted by molar-refractivity contribution is 5.98. The number of pyridine rings is 1. The fourth-order valence-corrected chi connectivity index (χ4v) is 3.88. The van der Waals surface area contributed by atoms with Crippen molar-refractivity contribution in [2.75, 3.05) is 0 Å². The number of aromatic nitrogens is 1. The van der Waals surface area contributed by atoms with Crippen LogP contribution < -0.4 is 5.32 Å². The second kappa shape index (κ2) is 10.7. The Balaban J connectivity index is 1.61. The number of carbonyl (C=O) groups is 2. The van der Waals surface area contributed by atoms with E-state index in [1.165, 1.54) is 12.1 Å². The van der Waals surface area contributed by atoms with Gasteiger partial charge < -0.3 is 10.4 Å². The summed E-state index contributed by atoms with van der Waals surface area (Å²) in [4.78, 5) is 28.4. The minimum Gasteiger partial charge on any atom is -0.481 e. The molecule has 34 heavy (non-hydrogen) atoms. The zero-order chi connectivity index (χ0) is 23.9. The summed E-state index contributed by atoms with van der Waals surface area (Å²) in [6.45, 7) is 0.439. The lowest BCUT2D eigenvalue weighted by Crippen LogP contribution is -2.22. The summed E-state index contributed by atoms with van der Waals surface area (Å²) in [7, 11) is 0. The topological polar surface area (TPSA) is 79.3 Å². The normalized spacial score (nSPS) is 10.9. The molecule has 0 atom stereocenters. The minimum absolute atomic E-state index is 0.110. The summed E-state index contributed by atoms with van der Waals surface area (Å²) in [5.74, 6) is -1.31. The molecule has 0 bridgehead atoms. The van der Waals surface area contributed by atoms with E-state index in [-0.39, 0.29) is 18.1 Å². The maximum atomic E-state index is 13.5. The van der Waals surface area contributed by atoms with Crippen LogP contribution in [-0.2, 0) is 17.8 Å². The van der Waals surface area contributed by atoms with Gasteiger partial charge in [0.1, 0.15) is 5.82 Å². The highest BCUT2D eigenvalue weighted by atomic mass is 19.1. The molecule has 1 amide bonds. The standard InChI is InChI=1S/C28H25FN2O3/c29-24-13-10-20(11-14-24)27-21(8-4-5-9-26(32)33)16-23-17-22(12-15-25(23)31-27)28(34)30-18-19-6-2-1-3-7-19/h1-3,6-7,10-17H,4-5,8-9,18H2,(H,30,34)(H,32,33). The molecule has 0 fully saturated rings. The van der Waals surface area contributed by atoms with E-state index in [1.54, 1.807) is 18.2 Å². The average Bonchev–Trinajstić information content (AvgIpc) is 2.85. The quantitative estimate of drug-likeness (QED) is 0.314. The van der Waals surface area contributed by atoms with Crippen LogP contribution in [-0.4, -0.2) is 22.0 Å². The van der Waals surface area contributed by atoms with Crippen molar-refractivity contribution in [1.29, 1.82) is 0 Å². The number of amides is 1. The molecular weight excluding hydrogens is 431 g/mol. The van der Waals surface area contributed by atoms with Gasteiger partial charge in [-0.15, -0.1) is 0 Å². The second-order valence-electron chi connectivity index (χ2n) is 8.18. The molecule has 3 aromatic carbocycles. The molecule has 0 unspecified atom stereocenters. The van der Waals surface area contributed by atoms with Crippen LogP contribution in [0.4, 0.5) is 4.39 Å². The van der Waals surface area contributed by atoms with E-state index in [1.807, 2.05) is 48.5 Å². The maximum absolute atomic E-state index is 13.5. The molecule has 1 heterocycles. The molecule has 0 aliphatic heterocycles. The van der Waals surface area contributed by atoms with Crippen molar-refractivity contribution in [3.8, 4) is 11.3 Å². The maximum Gasteiger partial charge on any atom is 0.303 e. The molecule has 5 nitrogen and oxygen atoms in total. The Kier molecular flexibility index (Phi) is 7.28. The van der Waals surface area contributed by atoms with E-state index in [9.17, 15) is 14.0 Å². The number of benzene rings is 3. The first-order chi connectivity index (χ1) is 16.5. The van der Waals surface area contributed by atoms with E-state index in [2.05, 4.69) is 5.32 Å². The van der Waals surface area contributed by atoms with Crippen molar-refractivity contribution < 1.29 is 19.1 Å². The van der Waals surface area contributed by atoms with Gasteiger partial charge in [-0.3, -0.25) is 9.59 Å². The van der Waals surface area contributed by atoms with Crippen LogP contribution in [0, 0.1) is 5.82 Å². The Bertz CT molecular complexity index is 1300. The number of nitrogens with zero attached hydrogens (tertiary/aromatic N) is 1. The Hall–Kier alpha value is -4.06. The first-order valence-electron chi connectivity index (χ1n) is 11.2. The number of aliphatic carboxylic acids is 1. The van der Waals surface area contributed by atoms with Crippen molar-refractivity contribution in [2.45, 2.75) is 32.2 Å². The van der Waals surface area contributed by atoms with E-state index in [0.717, 1.165) is 33.3 Å². The lowest BCUT2D eigenvalue weighted by molar-refractivity contribution is -0.137. The monoisotopic (exact) mass is 456 g/mol. The molecule has 0 aliphatic rings. The summed E-state index contributed by atoms with van der Waals surface area (Å²) in [5.41, 5.74) is 4.76. The lowest BCUT2D eigenvalue weighted by atomic mass is 9.98. The number of carbonyl (C=O) groups excluding carboxylic acids is 1. The summed E-state index contributed by atoms with van der Waals surface area (Å²) < 4.78 is 13.5.